The fourth-order valence-electron chi connectivity index (χ4n) is 3.19. The quantitative estimate of drug-likeness (QED) is 0.490. The van der Waals surface area contributed by atoms with E-state index in [1.54, 1.807) is 0 Å². The van der Waals surface area contributed by atoms with Crippen molar-refractivity contribution >= 4 is 5.71 Å². The Labute approximate surface area is 140 Å². The highest BCUT2D eigenvalue weighted by Crippen LogP contribution is 2.39. The summed E-state index contributed by atoms with van der Waals surface area (Å²) in [6, 6.07) is 21.5. The van der Waals surface area contributed by atoms with E-state index in [9.17, 15) is 0 Å². The molecule has 0 bridgehead atoms. The summed E-state index contributed by atoms with van der Waals surface area (Å²) in [7, 11) is 2.11. The maximum Gasteiger partial charge on any atom is 0.107 e. The molecule has 0 spiro atoms. The Morgan fingerprint density at radius 3 is 1.78 bits per heavy atom. The normalized spacial score (nSPS) is 12.3. The molecule has 2 aromatic rings. The minimum Gasteiger partial charge on any atom is -0.285 e. The molecule has 0 radical (unpaired) electrons. The van der Waals surface area contributed by atoms with E-state index in [1.807, 2.05) is 0 Å². The minimum atomic E-state index is -0.228. The smallest absolute Gasteiger partial charge is 0.107 e. The highest BCUT2D eigenvalue weighted by atomic mass is 15.5. The molecule has 0 unspecified atom stereocenters. The van der Waals surface area contributed by atoms with Crippen LogP contribution in [0.4, 0.5) is 0 Å². The van der Waals surface area contributed by atoms with Gasteiger partial charge in [0.05, 0.1) is 0 Å². The third-order valence-corrected chi connectivity index (χ3v) is 4.50. The number of rotatable bonds is 7. The summed E-state index contributed by atoms with van der Waals surface area (Å²) in [5.74, 6) is 0. The molecule has 0 aliphatic rings. The molecule has 0 aliphatic carbocycles. The second kappa shape index (κ2) is 7.96. The van der Waals surface area contributed by atoms with Crippen molar-refractivity contribution < 1.29 is 0 Å². The lowest BCUT2D eigenvalue weighted by Gasteiger charge is -2.42. The lowest BCUT2D eigenvalue weighted by atomic mass is 9.79. The van der Waals surface area contributed by atoms with Crippen molar-refractivity contribution in [1.29, 1.82) is 0 Å². The molecule has 0 saturated heterocycles. The number of hydrogen-bond donors (Lipinski definition) is 0. The van der Waals surface area contributed by atoms with Gasteiger partial charge in [-0.05, 0) is 30.9 Å². The predicted octanol–water partition coefficient (Wildman–Crippen LogP) is 5.45. The molecule has 0 fully saturated rings. The summed E-state index contributed by atoms with van der Waals surface area (Å²) >= 11 is 0. The Bertz CT molecular complexity index is 577. The largest absolute Gasteiger partial charge is 0.285 e. The van der Waals surface area contributed by atoms with Crippen LogP contribution in [0.25, 0.3) is 0 Å². The van der Waals surface area contributed by atoms with Crippen molar-refractivity contribution in [3.63, 3.8) is 0 Å². The van der Waals surface area contributed by atoms with Crippen LogP contribution in [0.3, 0.4) is 0 Å². The average Bonchev–Trinajstić information content (AvgIpc) is 2.61. The van der Waals surface area contributed by atoms with E-state index in [2.05, 4.69) is 93.5 Å². The van der Waals surface area contributed by atoms with Crippen LogP contribution in [-0.2, 0) is 5.54 Å². The van der Waals surface area contributed by atoms with Gasteiger partial charge in [-0.25, -0.2) is 0 Å². The summed E-state index contributed by atoms with van der Waals surface area (Å²) < 4.78 is 0. The molecule has 0 aliphatic heterocycles. The molecule has 0 N–H and O–H groups in total. The van der Waals surface area contributed by atoms with Gasteiger partial charge in [-0.15, -0.1) is 0 Å². The molecule has 2 heteroatoms. The fraction of sp³-hybridized carbons (Fsp3) is 0.381. The number of benzene rings is 2. The van der Waals surface area contributed by atoms with Crippen molar-refractivity contribution in [2.75, 3.05) is 7.05 Å². The van der Waals surface area contributed by atoms with Crippen LogP contribution < -0.4 is 0 Å². The minimum absolute atomic E-state index is 0.228. The highest BCUT2D eigenvalue weighted by Gasteiger charge is 2.37. The van der Waals surface area contributed by atoms with Gasteiger partial charge in [-0.2, -0.15) is 5.10 Å². The fourth-order valence-corrected chi connectivity index (χ4v) is 3.19. The van der Waals surface area contributed by atoms with E-state index in [1.165, 1.54) is 11.1 Å². The van der Waals surface area contributed by atoms with E-state index in [4.69, 9.17) is 5.10 Å². The van der Waals surface area contributed by atoms with Gasteiger partial charge in [0.2, 0.25) is 0 Å². The van der Waals surface area contributed by atoms with Gasteiger partial charge in [0.25, 0.3) is 0 Å². The van der Waals surface area contributed by atoms with E-state index in [0.717, 1.165) is 25.0 Å². The second-order valence-electron chi connectivity index (χ2n) is 6.05. The summed E-state index contributed by atoms with van der Waals surface area (Å²) in [4.78, 5) is 0. The van der Waals surface area contributed by atoms with Crippen molar-refractivity contribution in [3.8, 4) is 0 Å². The molecule has 2 aromatic carbocycles. The summed E-state index contributed by atoms with van der Waals surface area (Å²) in [5, 5.41) is 7.06. The molecular weight excluding hydrogens is 280 g/mol. The van der Waals surface area contributed by atoms with Crippen molar-refractivity contribution in [1.82, 2.24) is 5.01 Å². The molecule has 2 nitrogen and oxygen atoms in total. The van der Waals surface area contributed by atoms with E-state index in [-0.39, 0.29) is 5.54 Å². The molecule has 122 valence electrons. The van der Waals surface area contributed by atoms with Crippen LogP contribution in [0.1, 0.15) is 51.2 Å². The molecule has 0 saturated carbocycles. The number of hydrogen-bond acceptors (Lipinski definition) is 2. The SMILES string of the molecule is CCCC(c1ccccc1)(c1ccccc1)N(C)N=C(C)CC. The Hall–Kier alpha value is -2.09. The predicted molar refractivity (Wildman–Crippen MR) is 99.7 cm³/mol. The molecule has 2 rings (SSSR count). The van der Waals surface area contributed by atoms with Gasteiger partial charge in [0.1, 0.15) is 5.54 Å². The maximum absolute atomic E-state index is 4.89. The van der Waals surface area contributed by atoms with Crippen molar-refractivity contribution in [2.24, 2.45) is 5.10 Å². The first-order chi connectivity index (χ1) is 11.1. The molecular formula is C21H28N2. The first-order valence-electron chi connectivity index (χ1n) is 8.54. The standard InChI is InChI=1S/C21H28N2/c1-5-17-21(19-13-9-7-10-14-19,20-15-11-8-12-16-20)23(4)22-18(3)6-2/h7-16H,5-6,17H2,1-4H3. The van der Waals surface area contributed by atoms with Crippen LogP contribution in [0.2, 0.25) is 0 Å². The van der Waals surface area contributed by atoms with Crippen LogP contribution >= 0.6 is 0 Å². The maximum atomic E-state index is 4.89. The second-order valence-corrected chi connectivity index (χ2v) is 6.05. The van der Waals surface area contributed by atoms with E-state index >= 15 is 0 Å². The third kappa shape index (κ3) is 3.64. The zero-order valence-corrected chi connectivity index (χ0v) is 14.8. The molecule has 0 heterocycles. The van der Waals surface area contributed by atoms with E-state index < -0.39 is 0 Å². The zero-order valence-electron chi connectivity index (χ0n) is 14.8. The van der Waals surface area contributed by atoms with Crippen LogP contribution in [-0.4, -0.2) is 17.8 Å². The third-order valence-electron chi connectivity index (χ3n) is 4.50. The van der Waals surface area contributed by atoms with Gasteiger partial charge in [0.15, 0.2) is 0 Å². The van der Waals surface area contributed by atoms with Crippen molar-refractivity contribution in [2.45, 2.75) is 45.6 Å². The van der Waals surface area contributed by atoms with E-state index in [0.29, 0.717) is 0 Å². The first kappa shape index (κ1) is 17.3. The zero-order chi connectivity index (χ0) is 16.7. The summed E-state index contributed by atoms with van der Waals surface area (Å²) in [6.07, 6.45) is 3.09. The lowest BCUT2D eigenvalue weighted by Crippen LogP contribution is -2.42. The average molecular weight is 308 g/mol. The first-order valence-corrected chi connectivity index (χ1v) is 8.54. The highest BCUT2D eigenvalue weighted by molar-refractivity contribution is 5.81. The van der Waals surface area contributed by atoms with Gasteiger partial charge in [0, 0.05) is 12.8 Å². The van der Waals surface area contributed by atoms with Crippen LogP contribution in [0, 0.1) is 0 Å². The Morgan fingerprint density at radius 1 is 0.913 bits per heavy atom. The molecule has 0 atom stereocenters. The summed E-state index contributed by atoms with van der Waals surface area (Å²) in [5.41, 5.74) is 3.51. The lowest BCUT2D eigenvalue weighted by molar-refractivity contribution is 0.152. The Morgan fingerprint density at radius 2 is 1.39 bits per heavy atom. The molecule has 0 amide bonds. The summed E-state index contributed by atoms with van der Waals surface area (Å²) in [6.45, 7) is 6.49. The Balaban J connectivity index is 2.65. The molecule has 0 aromatic heterocycles. The monoisotopic (exact) mass is 308 g/mol. The number of nitrogens with zero attached hydrogens (tertiary/aromatic N) is 2. The Kier molecular flexibility index (Phi) is 5.97. The number of hydrazone groups is 1. The molecule has 23 heavy (non-hydrogen) atoms. The van der Waals surface area contributed by atoms with Crippen LogP contribution in [0.15, 0.2) is 65.8 Å². The van der Waals surface area contributed by atoms with Gasteiger partial charge in [-0.1, -0.05) is 80.9 Å². The van der Waals surface area contributed by atoms with Gasteiger partial charge >= 0.3 is 0 Å². The van der Waals surface area contributed by atoms with Crippen molar-refractivity contribution in [3.05, 3.63) is 71.8 Å². The van der Waals surface area contributed by atoms with Gasteiger partial charge in [-0.3, -0.25) is 5.01 Å². The van der Waals surface area contributed by atoms with Crippen LogP contribution in [0.5, 0.6) is 0 Å². The topological polar surface area (TPSA) is 15.6 Å². The van der Waals surface area contributed by atoms with Gasteiger partial charge < -0.3 is 0 Å².